The molecule has 1 aromatic carbocycles. The van der Waals surface area contributed by atoms with E-state index in [1.54, 1.807) is 12.1 Å². The maximum Gasteiger partial charge on any atom is 0.141 e. The quantitative estimate of drug-likeness (QED) is 0.572. The van der Waals surface area contributed by atoms with Gasteiger partial charge in [0.25, 0.3) is 0 Å². The minimum absolute atomic E-state index is 0.0798. The van der Waals surface area contributed by atoms with Gasteiger partial charge in [0.05, 0.1) is 22.5 Å². The van der Waals surface area contributed by atoms with Crippen LogP contribution in [0.5, 0.6) is 0 Å². The minimum Gasteiger partial charge on any atom is -0.382 e. The van der Waals surface area contributed by atoms with Gasteiger partial charge in [-0.05, 0) is 18.2 Å². The highest BCUT2D eigenvalue weighted by molar-refractivity contribution is 6.32. The Morgan fingerprint density at radius 2 is 2.36 bits per heavy atom. The lowest BCUT2D eigenvalue weighted by Crippen LogP contribution is -2.11. The number of hydrogen-bond acceptors (Lipinski definition) is 3. The number of rotatable bonds is 2. The van der Waals surface area contributed by atoms with Crippen LogP contribution in [0.25, 0.3) is 0 Å². The summed E-state index contributed by atoms with van der Waals surface area (Å²) in [6, 6.07) is 6.63. The Kier molecular flexibility index (Phi) is 3.21. The van der Waals surface area contributed by atoms with Crippen molar-refractivity contribution in [3.63, 3.8) is 0 Å². The van der Waals surface area contributed by atoms with Crippen LogP contribution in [-0.2, 0) is 0 Å². The summed E-state index contributed by atoms with van der Waals surface area (Å²) >= 11 is 5.72. The van der Waals surface area contributed by atoms with Crippen molar-refractivity contribution < 1.29 is 0 Å². The molecule has 0 aliphatic heterocycles. The van der Waals surface area contributed by atoms with Gasteiger partial charge in [0.1, 0.15) is 11.9 Å². The Bertz CT molecular complexity index is 431. The average Bonchev–Trinajstić information content (AvgIpc) is 2.20. The van der Waals surface area contributed by atoms with E-state index in [1.807, 2.05) is 6.07 Å². The predicted octanol–water partition coefficient (Wildman–Crippen LogP) is 1.85. The molecule has 3 N–H and O–H groups in total. The molecule has 0 heterocycles. The largest absolute Gasteiger partial charge is 0.382 e. The Morgan fingerprint density at radius 1 is 1.64 bits per heavy atom. The van der Waals surface area contributed by atoms with Crippen molar-refractivity contribution in [3.05, 3.63) is 28.8 Å². The fourth-order valence-electron chi connectivity index (χ4n) is 0.850. The van der Waals surface area contributed by atoms with Gasteiger partial charge in [-0.1, -0.05) is 11.6 Å². The number of nitrogens with one attached hydrogen (secondary N) is 1. The Labute approximate surface area is 86.1 Å². The number of aliphatic imine (C=N–C) groups is 1. The molecule has 0 aliphatic rings. The molecule has 0 saturated heterocycles. The summed E-state index contributed by atoms with van der Waals surface area (Å²) in [5.41, 5.74) is 6.17. The predicted molar refractivity (Wildman–Crippen MR) is 56.2 cm³/mol. The second-order valence-electron chi connectivity index (χ2n) is 2.46. The number of benzene rings is 1. The van der Waals surface area contributed by atoms with E-state index in [2.05, 4.69) is 4.99 Å². The van der Waals surface area contributed by atoms with E-state index < -0.39 is 0 Å². The van der Waals surface area contributed by atoms with E-state index >= 15 is 0 Å². The Balaban J connectivity index is 3.15. The molecule has 14 heavy (non-hydrogen) atoms. The molecule has 5 heteroatoms. The van der Waals surface area contributed by atoms with Crippen LogP contribution in [0.3, 0.4) is 0 Å². The number of nitriles is 1. The van der Waals surface area contributed by atoms with E-state index in [9.17, 15) is 0 Å². The second-order valence-corrected chi connectivity index (χ2v) is 2.86. The summed E-state index contributed by atoms with van der Waals surface area (Å²) < 4.78 is 0. The minimum atomic E-state index is 0.0798. The second kappa shape index (κ2) is 4.40. The van der Waals surface area contributed by atoms with Gasteiger partial charge in [0, 0.05) is 0 Å². The monoisotopic (exact) mass is 206 g/mol. The summed E-state index contributed by atoms with van der Waals surface area (Å²) in [7, 11) is 0. The SMILES string of the molecule is N#Cc1cc(N=C(N)C=N)ccc1Cl. The number of nitrogens with zero attached hydrogens (tertiary/aromatic N) is 2. The van der Waals surface area contributed by atoms with Crippen molar-refractivity contribution in [1.82, 2.24) is 0 Å². The molecule has 0 radical (unpaired) electrons. The first-order valence-corrected chi connectivity index (χ1v) is 4.09. The number of hydrogen-bond donors (Lipinski definition) is 2. The first kappa shape index (κ1) is 10.2. The standard InChI is InChI=1S/C9H7ClN4/c10-8-2-1-7(3-6(8)4-11)14-9(13)5-12/h1-3,5,12H,(H2,13,14). The number of halogens is 1. The topological polar surface area (TPSA) is 86.0 Å². The van der Waals surface area contributed by atoms with Crippen LogP contribution in [-0.4, -0.2) is 12.1 Å². The van der Waals surface area contributed by atoms with Gasteiger partial charge in [-0.2, -0.15) is 5.26 Å². The molecule has 0 aliphatic carbocycles. The molecular weight excluding hydrogens is 200 g/mol. The average molecular weight is 207 g/mol. The van der Waals surface area contributed by atoms with Gasteiger partial charge in [-0.3, -0.25) is 0 Å². The fourth-order valence-corrected chi connectivity index (χ4v) is 1.01. The fraction of sp³-hybridized carbons (Fsp3) is 0. The van der Waals surface area contributed by atoms with Gasteiger partial charge < -0.3 is 11.1 Å². The number of amidine groups is 1. The molecule has 4 nitrogen and oxygen atoms in total. The molecule has 0 atom stereocenters. The Hall–Kier alpha value is -1.86. The summed E-state index contributed by atoms with van der Waals surface area (Å²) in [6.07, 6.45) is 0.931. The molecule has 1 rings (SSSR count). The summed E-state index contributed by atoms with van der Waals surface area (Å²) in [5.74, 6) is 0.0798. The van der Waals surface area contributed by atoms with E-state index in [0.717, 1.165) is 6.21 Å². The van der Waals surface area contributed by atoms with E-state index in [-0.39, 0.29) is 5.84 Å². The summed E-state index contributed by atoms with van der Waals surface area (Å²) in [6.45, 7) is 0. The van der Waals surface area contributed by atoms with Crippen LogP contribution in [0.2, 0.25) is 5.02 Å². The first-order chi connectivity index (χ1) is 6.67. The molecule has 0 fully saturated rings. The third-order valence-corrected chi connectivity index (χ3v) is 1.81. The zero-order valence-corrected chi connectivity index (χ0v) is 7.92. The molecule has 0 spiro atoms. The third-order valence-electron chi connectivity index (χ3n) is 1.48. The zero-order chi connectivity index (χ0) is 10.6. The van der Waals surface area contributed by atoms with Crippen LogP contribution >= 0.6 is 11.6 Å². The lowest BCUT2D eigenvalue weighted by molar-refractivity contribution is 1.44. The highest BCUT2D eigenvalue weighted by Gasteiger charge is 2.00. The highest BCUT2D eigenvalue weighted by atomic mass is 35.5. The van der Waals surface area contributed by atoms with Crippen LogP contribution < -0.4 is 5.73 Å². The van der Waals surface area contributed by atoms with Gasteiger partial charge >= 0.3 is 0 Å². The van der Waals surface area contributed by atoms with Crippen LogP contribution in [0, 0.1) is 16.7 Å². The molecule has 0 bridgehead atoms. The molecule has 0 saturated carbocycles. The Morgan fingerprint density at radius 3 is 2.93 bits per heavy atom. The summed E-state index contributed by atoms with van der Waals surface area (Å²) in [4.78, 5) is 3.87. The molecule has 1 aromatic rings. The van der Waals surface area contributed by atoms with Crippen LogP contribution in [0.15, 0.2) is 23.2 Å². The maximum absolute atomic E-state index is 8.68. The van der Waals surface area contributed by atoms with Gasteiger partial charge in [0.15, 0.2) is 0 Å². The van der Waals surface area contributed by atoms with Crippen molar-refractivity contribution in [2.75, 3.05) is 0 Å². The lowest BCUT2D eigenvalue weighted by Gasteiger charge is -1.97. The number of nitrogens with two attached hydrogens (primary N) is 1. The molecule has 70 valence electrons. The smallest absolute Gasteiger partial charge is 0.141 e. The lowest BCUT2D eigenvalue weighted by atomic mass is 10.2. The maximum atomic E-state index is 8.68. The highest BCUT2D eigenvalue weighted by Crippen LogP contribution is 2.21. The van der Waals surface area contributed by atoms with E-state index in [0.29, 0.717) is 16.3 Å². The van der Waals surface area contributed by atoms with E-state index in [4.69, 9.17) is 28.0 Å². The van der Waals surface area contributed by atoms with Gasteiger partial charge in [-0.15, -0.1) is 0 Å². The van der Waals surface area contributed by atoms with E-state index in [1.165, 1.54) is 6.07 Å². The van der Waals surface area contributed by atoms with Crippen molar-refractivity contribution in [2.45, 2.75) is 0 Å². The normalized spacial score (nSPS) is 10.7. The first-order valence-electron chi connectivity index (χ1n) is 3.71. The van der Waals surface area contributed by atoms with Gasteiger partial charge in [-0.25, -0.2) is 4.99 Å². The molecule has 0 amide bonds. The van der Waals surface area contributed by atoms with Gasteiger partial charge in [0.2, 0.25) is 0 Å². The van der Waals surface area contributed by atoms with Crippen LogP contribution in [0.1, 0.15) is 5.56 Å². The van der Waals surface area contributed by atoms with Crippen molar-refractivity contribution >= 4 is 29.3 Å². The molecular formula is C9H7ClN4. The third kappa shape index (κ3) is 2.31. The van der Waals surface area contributed by atoms with Crippen molar-refractivity contribution in [1.29, 1.82) is 10.7 Å². The van der Waals surface area contributed by atoms with Crippen molar-refractivity contribution in [3.8, 4) is 6.07 Å². The molecule has 0 unspecified atom stereocenters. The zero-order valence-electron chi connectivity index (χ0n) is 7.16. The van der Waals surface area contributed by atoms with Crippen LogP contribution in [0.4, 0.5) is 5.69 Å². The summed E-state index contributed by atoms with van der Waals surface area (Å²) in [5, 5.41) is 15.9. The van der Waals surface area contributed by atoms with Crippen molar-refractivity contribution in [2.24, 2.45) is 10.7 Å². The molecule has 0 aromatic heterocycles.